The van der Waals surface area contributed by atoms with E-state index in [1.54, 1.807) is 7.11 Å². The van der Waals surface area contributed by atoms with Gasteiger partial charge in [-0.3, -0.25) is 0 Å². The summed E-state index contributed by atoms with van der Waals surface area (Å²) in [6.45, 7) is 4.18. The van der Waals surface area contributed by atoms with Crippen molar-refractivity contribution in [3.05, 3.63) is 36.0 Å². The molecule has 1 aliphatic rings. The first-order valence-corrected chi connectivity index (χ1v) is 8.76. The predicted molar refractivity (Wildman–Crippen MR) is 99.6 cm³/mol. The number of aromatic nitrogens is 2. The molecule has 6 nitrogen and oxygen atoms in total. The topological polar surface area (TPSA) is 79.3 Å². The van der Waals surface area contributed by atoms with Crippen LogP contribution in [0.1, 0.15) is 38.3 Å². The summed E-state index contributed by atoms with van der Waals surface area (Å²) in [5.74, 6) is 2.89. The molecule has 1 aromatic heterocycles. The summed E-state index contributed by atoms with van der Waals surface area (Å²) in [5.41, 5.74) is 1.96. The maximum Gasteiger partial charge on any atom is 0.225 e. The minimum atomic E-state index is -0.0703. The van der Waals surface area contributed by atoms with Crippen molar-refractivity contribution in [3.63, 3.8) is 0 Å². The summed E-state index contributed by atoms with van der Waals surface area (Å²) in [6, 6.07) is 9.67. The molecule has 0 amide bonds. The van der Waals surface area contributed by atoms with Crippen molar-refractivity contribution in [3.8, 4) is 5.75 Å². The van der Waals surface area contributed by atoms with Crippen LogP contribution in [0.2, 0.25) is 0 Å². The molecule has 0 aliphatic heterocycles. The van der Waals surface area contributed by atoms with Crippen LogP contribution in [-0.2, 0) is 0 Å². The van der Waals surface area contributed by atoms with Crippen LogP contribution < -0.4 is 15.4 Å². The van der Waals surface area contributed by atoms with E-state index in [0.29, 0.717) is 11.9 Å². The second-order valence-electron chi connectivity index (χ2n) is 6.81. The molecule has 1 aliphatic carbocycles. The average molecular weight is 342 g/mol. The first kappa shape index (κ1) is 17.5. The van der Waals surface area contributed by atoms with Crippen LogP contribution in [0.3, 0.4) is 0 Å². The first-order valence-electron chi connectivity index (χ1n) is 8.76. The molecule has 1 atom stereocenters. The molecular formula is C19H26N4O2. The summed E-state index contributed by atoms with van der Waals surface area (Å²) in [5, 5.41) is 16.2. The molecule has 6 heteroatoms. The van der Waals surface area contributed by atoms with Crippen LogP contribution in [0.5, 0.6) is 5.75 Å². The second-order valence-corrected chi connectivity index (χ2v) is 6.81. The fourth-order valence-corrected chi connectivity index (χ4v) is 2.62. The van der Waals surface area contributed by atoms with Crippen LogP contribution in [0, 0.1) is 5.92 Å². The van der Waals surface area contributed by atoms with Gasteiger partial charge in [-0.05, 0) is 30.9 Å². The van der Waals surface area contributed by atoms with E-state index in [2.05, 4.69) is 34.4 Å². The Morgan fingerprint density at radius 1 is 1.24 bits per heavy atom. The van der Waals surface area contributed by atoms with Crippen LogP contribution in [-0.4, -0.2) is 34.8 Å². The lowest BCUT2D eigenvalue weighted by Gasteiger charge is -2.20. The molecule has 3 N–H and O–H groups in total. The van der Waals surface area contributed by atoms with Crippen LogP contribution in [0.4, 0.5) is 17.5 Å². The van der Waals surface area contributed by atoms with Gasteiger partial charge >= 0.3 is 0 Å². The Hall–Kier alpha value is -2.34. The van der Waals surface area contributed by atoms with Crippen molar-refractivity contribution in [2.45, 2.75) is 38.6 Å². The summed E-state index contributed by atoms with van der Waals surface area (Å²) >= 11 is 0. The number of nitrogens with one attached hydrogen (secondary N) is 2. The minimum absolute atomic E-state index is 0.0489. The molecule has 0 radical (unpaired) electrons. The second kappa shape index (κ2) is 7.70. The van der Waals surface area contributed by atoms with Gasteiger partial charge in [0.05, 0.1) is 25.5 Å². The van der Waals surface area contributed by atoms with Gasteiger partial charge in [-0.2, -0.15) is 4.98 Å². The average Bonchev–Trinajstić information content (AvgIpc) is 3.44. The molecule has 2 aromatic rings. The van der Waals surface area contributed by atoms with Crippen molar-refractivity contribution < 1.29 is 9.84 Å². The van der Waals surface area contributed by atoms with E-state index in [1.807, 2.05) is 30.3 Å². The summed E-state index contributed by atoms with van der Waals surface area (Å²) in [6.07, 6.45) is 2.34. The Balaban J connectivity index is 1.84. The van der Waals surface area contributed by atoms with E-state index in [4.69, 9.17) is 4.74 Å². The number of hydrogen-bond acceptors (Lipinski definition) is 6. The summed E-state index contributed by atoms with van der Waals surface area (Å²) < 4.78 is 5.27. The van der Waals surface area contributed by atoms with Gasteiger partial charge < -0.3 is 20.5 Å². The number of methoxy groups -OCH3 is 1. The van der Waals surface area contributed by atoms with Crippen LogP contribution in [0.15, 0.2) is 30.3 Å². The highest BCUT2D eigenvalue weighted by molar-refractivity contribution is 5.59. The number of nitrogens with zero attached hydrogens (tertiary/aromatic N) is 2. The van der Waals surface area contributed by atoms with Gasteiger partial charge in [0.1, 0.15) is 11.6 Å². The molecule has 0 saturated heterocycles. The normalized spacial score (nSPS) is 15.1. The largest absolute Gasteiger partial charge is 0.497 e. The molecule has 0 spiro atoms. The van der Waals surface area contributed by atoms with Gasteiger partial charge in [0, 0.05) is 23.7 Å². The summed E-state index contributed by atoms with van der Waals surface area (Å²) in [7, 11) is 1.65. The van der Waals surface area contributed by atoms with E-state index < -0.39 is 0 Å². The van der Waals surface area contributed by atoms with E-state index in [1.165, 1.54) is 12.8 Å². The lowest BCUT2D eigenvalue weighted by Crippen LogP contribution is -2.30. The number of benzene rings is 1. The highest BCUT2D eigenvalue weighted by Gasteiger charge is 2.26. The standard InChI is InChI=1S/C19H26N4O2/c1-12(2)17(11-24)22-19-21-16(13-7-8-13)10-18(23-19)20-14-5-4-6-15(9-14)25-3/h4-6,9-10,12-13,17,24H,7-8,11H2,1-3H3,(H2,20,21,22,23)/t17-/m0/s1. The van der Waals surface area contributed by atoms with E-state index >= 15 is 0 Å². The van der Waals surface area contributed by atoms with Gasteiger partial charge in [-0.15, -0.1) is 0 Å². The zero-order chi connectivity index (χ0) is 17.8. The lowest BCUT2D eigenvalue weighted by atomic mass is 10.1. The fraction of sp³-hybridized carbons (Fsp3) is 0.474. The Bertz CT molecular complexity index is 716. The molecule has 1 aromatic carbocycles. The number of hydrogen-bond donors (Lipinski definition) is 3. The number of anilines is 3. The molecule has 1 heterocycles. The quantitative estimate of drug-likeness (QED) is 0.681. The highest BCUT2D eigenvalue weighted by Crippen LogP contribution is 2.40. The molecule has 1 saturated carbocycles. The van der Waals surface area contributed by atoms with Gasteiger partial charge in [-0.25, -0.2) is 4.98 Å². The Labute approximate surface area is 148 Å². The third-order valence-corrected chi connectivity index (χ3v) is 4.40. The molecule has 0 unspecified atom stereocenters. The number of aliphatic hydroxyl groups excluding tert-OH is 1. The SMILES string of the molecule is COc1cccc(Nc2cc(C3CC3)nc(N[C@@H](CO)C(C)C)n2)c1. The molecule has 134 valence electrons. The Morgan fingerprint density at radius 2 is 2.04 bits per heavy atom. The zero-order valence-electron chi connectivity index (χ0n) is 15.0. The van der Waals surface area contributed by atoms with Crippen molar-refractivity contribution in [2.24, 2.45) is 5.92 Å². The van der Waals surface area contributed by atoms with E-state index in [0.717, 1.165) is 22.9 Å². The lowest BCUT2D eigenvalue weighted by molar-refractivity contribution is 0.248. The molecule has 25 heavy (non-hydrogen) atoms. The maximum atomic E-state index is 9.56. The van der Waals surface area contributed by atoms with Crippen LogP contribution >= 0.6 is 0 Å². The predicted octanol–water partition coefficient (Wildman–Crippen LogP) is 3.54. The van der Waals surface area contributed by atoms with Crippen molar-refractivity contribution in [1.29, 1.82) is 0 Å². The zero-order valence-corrected chi connectivity index (χ0v) is 15.0. The Kier molecular flexibility index (Phi) is 5.38. The van der Waals surface area contributed by atoms with Crippen LogP contribution in [0.25, 0.3) is 0 Å². The Morgan fingerprint density at radius 3 is 2.68 bits per heavy atom. The van der Waals surface area contributed by atoms with Crippen molar-refractivity contribution >= 4 is 17.5 Å². The van der Waals surface area contributed by atoms with E-state index in [9.17, 15) is 5.11 Å². The third kappa shape index (κ3) is 4.60. The molecular weight excluding hydrogens is 316 g/mol. The van der Waals surface area contributed by atoms with Crippen molar-refractivity contribution in [2.75, 3.05) is 24.4 Å². The monoisotopic (exact) mass is 342 g/mol. The number of rotatable bonds is 8. The fourth-order valence-electron chi connectivity index (χ4n) is 2.62. The van der Waals surface area contributed by atoms with E-state index in [-0.39, 0.29) is 18.6 Å². The number of ether oxygens (including phenoxy) is 1. The first-order chi connectivity index (χ1) is 12.1. The number of aliphatic hydroxyl groups is 1. The van der Waals surface area contributed by atoms with Crippen molar-refractivity contribution in [1.82, 2.24) is 9.97 Å². The molecule has 3 rings (SSSR count). The molecule has 0 bridgehead atoms. The minimum Gasteiger partial charge on any atom is -0.497 e. The van der Waals surface area contributed by atoms with Gasteiger partial charge in [0.25, 0.3) is 0 Å². The summed E-state index contributed by atoms with van der Waals surface area (Å²) in [4.78, 5) is 9.22. The van der Waals surface area contributed by atoms with Gasteiger partial charge in [-0.1, -0.05) is 19.9 Å². The van der Waals surface area contributed by atoms with Gasteiger partial charge in [0.2, 0.25) is 5.95 Å². The highest BCUT2D eigenvalue weighted by atomic mass is 16.5. The molecule has 1 fully saturated rings. The van der Waals surface area contributed by atoms with Gasteiger partial charge in [0.15, 0.2) is 0 Å². The smallest absolute Gasteiger partial charge is 0.225 e. The third-order valence-electron chi connectivity index (χ3n) is 4.40. The maximum absolute atomic E-state index is 9.56.